The number of benzene rings is 1. The Hall–Kier alpha value is -1.88. The molecule has 1 atom stereocenters. The Morgan fingerprint density at radius 2 is 2.07 bits per heavy atom. The zero-order valence-corrected chi connectivity index (χ0v) is 8.00. The Morgan fingerprint density at radius 3 is 2.67 bits per heavy atom. The van der Waals surface area contributed by atoms with Crippen LogP contribution in [-0.4, -0.2) is 15.2 Å². The van der Waals surface area contributed by atoms with Crippen molar-refractivity contribution in [2.75, 3.05) is 0 Å². The Labute approximate surface area is 86.5 Å². The van der Waals surface area contributed by atoms with Gasteiger partial charge >= 0.3 is 0 Å². The summed E-state index contributed by atoms with van der Waals surface area (Å²) in [7, 11) is 0. The molecule has 1 aromatic heterocycles. The molecule has 0 saturated carbocycles. The minimum Gasteiger partial charge on any atom is -0.508 e. The predicted molar refractivity (Wildman–Crippen MR) is 53.0 cm³/mol. The molecule has 15 heavy (non-hydrogen) atoms. The van der Waals surface area contributed by atoms with Crippen LogP contribution in [0.4, 0.5) is 0 Å². The molecular formula is C10H11N3O2. The summed E-state index contributed by atoms with van der Waals surface area (Å²) >= 11 is 0. The lowest BCUT2D eigenvalue weighted by molar-refractivity contribution is 0.353. The molecule has 0 fully saturated rings. The van der Waals surface area contributed by atoms with Crippen molar-refractivity contribution in [1.82, 2.24) is 10.1 Å². The lowest BCUT2D eigenvalue weighted by atomic mass is 10.1. The van der Waals surface area contributed by atoms with Crippen LogP contribution in [0.2, 0.25) is 0 Å². The van der Waals surface area contributed by atoms with E-state index in [9.17, 15) is 0 Å². The fraction of sp³-hybridized carbons (Fsp3) is 0.200. The first kappa shape index (κ1) is 9.67. The molecule has 0 aliphatic rings. The Kier molecular flexibility index (Phi) is 2.64. The van der Waals surface area contributed by atoms with Crippen LogP contribution in [0.15, 0.2) is 35.1 Å². The van der Waals surface area contributed by atoms with Crippen molar-refractivity contribution in [2.45, 2.75) is 12.5 Å². The van der Waals surface area contributed by atoms with E-state index in [4.69, 9.17) is 15.4 Å². The van der Waals surface area contributed by atoms with E-state index < -0.39 is 0 Å². The summed E-state index contributed by atoms with van der Waals surface area (Å²) in [5.74, 6) is 0.660. The average molecular weight is 205 g/mol. The molecule has 0 bridgehead atoms. The van der Waals surface area contributed by atoms with Crippen LogP contribution in [0.3, 0.4) is 0 Å². The highest BCUT2D eigenvalue weighted by atomic mass is 16.5. The molecule has 0 unspecified atom stereocenters. The molecule has 2 rings (SSSR count). The topological polar surface area (TPSA) is 85.2 Å². The first-order valence-corrected chi connectivity index (χ1v) is 4.56. The third kappa shape index (κ3) is 2.32. The smallest absolute Gasteiger partial charge is 0.243 e. The van der Waals surface area contributed by atoms with Gasteiger partial charge in [0.05, 0.1) is 6.04 Å². The van der Waals surface area contributed by atoms with E-state index >= 15 is 0 Å². The number of aromatic hydroxyl groups is 1. The number of nitrogens with two attached hydrogens (primary N) is 1. The third-order valence-electron chi connectivity index (χ3n) is 2.09. The molecule has 0 aliphatic heterocycles. The zero-order valence-electron chi connectivity index (χ0n) is 8.00. The van der Waals surface area contributed by atoms with E-state index in [2.05, 4.69) is 10.1 Å². The van der Waals surface area contributed by atoms with Crippen LogP contribution in [0.5, 0.6) is 5.75 Å². The van der Waals surface area contributed by atoms with Crippen molar-refractivity contribution in [3.8, 4) is 5.75 Å². The lowest BCUT2D eigenvalue weighted by Gasteiger charge is -2.06. The summed E-state index contributed by atoms with van der Waals surface area (Å²) in [6, 6.07) is 6.56. The van der Waals surface area contributed by atoms with Gasteiger partial charge in [-0.1, -0.05) is 17.3 Å². The van der Waals surface area contributed by atoms with E-state index in [1.165, 1.54) is 6.33 Å². The van der Waals surface area contributed by atoms with Crippen LogP contribution in [-0.2, 0) is 6.42 Å². The van der Waals surface area contributed by atoms with E-state index in [1.807, 2.05) is 12.1 Å². The highest BCUT2D eigenvalue weighted by Crippen LogP contribution is 2.16. The van der Waals surface area contributed by atoms with Gasteiger partial charge in [-0.15, -0.1) is 0 Å². The van der Waals surface area contributed by atoms with Crippen LogP contribution < -0.4 is 5.73 Å². The van der Waals surface area contributed by atoms with Gasteiger partial charge in [0.1, 0.15) is 5.75 Å². The van der Waals surface area contributed by atoms with E-state index in [0.29, 0.717) is 12.3 Å². The fourth-order valence-corrected chi connectivity index (χ4v) is 1.32. The average Bonchev–Trinajstić information content (AvgIpc) is 2.74. The summed E-state index contributed by atoms with van der Waals surface area (Å²) in [6.07, 6.45) is 1.93. The lowest BCUT2D eigenvalue weighted by Crippen LogP contribution is -2.13. The van der Waals surface area contributed by atoms with Gasteiger partial charge < -0.3 is 15.4 Å². The molecule has 5 heteroatoms. The molecule has 2 aromatic rings. The van der Waals surface area contributed by atoms with Crippen LogP contribution in [0.25, 0.3) is 0 Å². The normalized spacial score (nSPS) is 12.6. The van der Waals surface area contributed by atoms with E-state index in [1.54, 1.807) is 12.1 Å². The number of phenols is 1. The molecule has 78 valence electrons. The number of nitrogens with zero attached hydrogens (tertiary/aromatic N) is 2. The van der Waals surface area contributed by atoms with Crippen molar-refractivity contribution in [2.24, 2.45) is 5.73 Å². The number of phenolic OH excluding ortho intramolecular Hbond substituents is 1. The molecule has 1 heterocycles. The number of hydrogen-bond donors (Lipinski definition) is 2. The van der Waals surface area contributed by atoms with E-state index in [-0.39, 0.29) is 11.8 Å². The molecule has 0 aliphatic carbocycles. The standard InChI is InChI=1S/C10H11N3O2/c11-9(10-12-6-13-15-10)5-7-1-3-8(14)4-2-7/h1-4,6,9,14H,5,11H2/t9-/m1/s1. The van der Waals surface area contributed by atoms with Crippen molar-refractivity contribution in [1.29, 1.82) is 0 Å². The number of hydrogen-bond acceptors (Lipinski definition) is 5. The van der Waals surface area contributed by atoms with Crippen molar-refractivity contribution >= 4 is 0 Å². The maximum atomic E-state index is 9.10. The molecule has 0 spiro atoms. The molecule has 3 N–H and O–H groups in total. The third-order valence-corrected chi connectivity index (χ3v) is 2.09. The van der Waals surface area contributed by atoms with Gasteiger partial charge in [0.2, 0.25) is 5.89 Å². The summed E-state index contributed by atoms with van der Waals surface area (Å²) < 4.78 is 4.86. The van der Waals surface area contributed by atoms with Gasteiger partial charge in [0.15, 0.2) is 6.33 Å². The molecule has 1 aromatic carbocycles. The molecule has 0 saturated heterocycles. The van der Waals surface area contributed by atoms with Crippen molar-refractivity contribution in [3.05, 3.63) is 42.0 Å². The Bertz CT molecular complexity index is 411. The second kappa shape index (κ2) is 4.10. The summed E-state index contributed by atoms with van der Waals surface area (Å²) in [4.78, 5) is 3.88. The fourth-order valence-electron chi connectivity index (χ4n) is 1.32. The van der Waals surface area contributed by atoms with Crippen LogP contribution in [0.1, 0.15) is 17.5 Å². The highest BCUT2D eigenvalue weighted by molar-refractivity contribution is 5.26. The van der Waals surface area contributed by atoms with Crippen LogP contribution in [0, 0.1) is 0 Å². The van der Waals surface area contributed by atoms with Crippen molar-refractivity contribution in [3.63, 3.8) is 0 Å². The summed E-state index contributed by atoms with van der Waals surface area (Å²) in [6.45, 7) is 0. The van der Waals surface area contributed by atoms with Gasteiger partial charge in [-0.25, -0.2) is 0 Å². The summed E-state index contributed by atoms with van der Waals surface area (Å²) in [5, 5.41) is 12.6. The van der Waals surface area contributed by atoms with Gasteiger partial charge in [-0.05, 0) is 24.1 Å². The predicted octanol–water partition coefficient (Wildman–Crippen LogP) is 1.02. The maximum absolute atomic E-state index is 9.10. The highest BCUT2D eigenvalue weighted by Gasteiger charge is 2.12. The monoisotopic (exact) mass is 205 g/mol. The molecular weight excluding hydrogens is 194 g/mol. The first-order valence-electron chi connectivity index (χ1n) is 4.56. The Balaban J connectivity index is 2.06. The van der Waals surface area contributed by atoms with Gasteiger partial charge in [0.25, 0.3) is 0 Å². The number of rotatable bonds is 3. The van der Waals surface area contributed by atoms with Gasteiger partial charge in [-0.2, -0.15) is 4.98 Å². The second-order valence-electron chi connectivity index (χ2n) is 3.26. The molecule has 5 nitrogen and oxygen atoms in total. The first-order chi connectivity index (χ1) is 7.25. The summed E-state index contributed by atoms with van der Waals surface area (Å²) in [5.41, 5.74) is 6.86. The zero-order chi connectivity index (χ0) is 10.7. The minimum absolute atomic E-state index is 0.241. The second-order valence-corrected chi connectivity index (χ2v) is 3.26. The quantitative estimate of drug-likeness (QED) is 0.781. The number of aromatic nitrogens is 2. The van der Waals surface area contributed by atoms with Crippen molar-refractivity contribution < 1.29 is 9.63 Å². The van der Waals surface area contributed by atoms with E-state index in [0.717, 1.165) is 5.56 Å². The maximum Gasteiger partial charge on any atom is 0.243 e. The molecule has 0 amide bonds. The van der Waals surface area contributed by atoms with Crippen LogP contribution >= 0.6 is 0 Å². The molecule has 0 radical (unpaired) electrons. The minimum atomic E-state index is -0.308. The van der Waals surface area contributed by atoms with Gasteiger partial charge in [0, 0.05) is 0 Å². The van der Waals surface area contributed by atoms with Gasteiger partial charge in [-0.3, -0.25) is 0 Å². The Morgan fingerprint density at radius 1 is 1.33 bits per heavy atom. The SMILES string of the molecule is N[C@H](Cc1ccc(O)cc1)c1ncno1. The largest absolute Gasteiger partial charge is 0.508 e.